The molecular weight excluding hydrogens is 202 g/mol. The van der Waals surface area contributed by atoms with E-state index in [9.17, 15) is 0 Å². The number of anilines is 1. The number of ether oxygens (including phenoxy) is 1. The van der Waals surface area contributed by atoms with E-state index in [0.29, 0.717) is 0 Å². The Kier molecular flexibility index (Phi) is 3.10. The van der Waals surface area contributed by atoms with Crippen LogP contribution in [0.3, 0.4) is 0 Å². The van der Waals surface area contributed by atoms with Gasteiger partial charge in [-0.05, 0) is 24.3 Å². The zero-order chi connectivity index (χ0) is 11.4. The van der Waals surface area contributed by atoms with Crippen LogP contribution in [-0.4, -0.2) is 16.7 Å². The first-order chi connectivity index (χ1) is 7.79. The average molecular weight is 217 g/mol. The van der Waals surface area contributed by atoms with E-state index in [4.69, 9.17) is 4.74 Å². The minimum atomic E-state index is 0.718. The summed E-state index contributed by atoms with van der Waals surface area (Å²) in [5.74, 6) is 1.87. The van der Waals surface area contributed by atoms with E-state index in [2.05, 4.69) is 10.3 Å². The van der Waals surface area contributed by atoms with Crippen molar-refractivity contribution < 1.29 is 4.74 Å². The molecule has 1 aromatic heterocycles. The van der Waals surface area contributed by atoms with Gasteiger partial charge in [0.05, 0.1) is 13.7 Å². The SMILES string of the molecule is COc1ccc(NCc2nccn2C)cc1. The summed E-state index contributed by atoms with van der Waals surface area (Å²) in [4.78, 5) is 4.24. The summed E-state index contributed by atoms with van der Waals surface area (Å²) in [5.41, 5.74) is 1.06. The second-order valence-corrected chi connectivity index (χ2v) is 3.54. The summed E-state index contributed by atoms with van der Waals surface area (Å²) in [5, 5.41) is 3.30. The molecule has 2 rings (SSSR count). The number of aryl methyl sites for hydroxylation is 1. The number of hydrogen-bond acceptors (Lipinski definition) is 3. The van der Waals surface area contributed by atoms with Gasteiger partial charge in [0.2, 0.25) is 0 Å². The Morgan fingerprint density at radius 3 is 2.62 bits per heavy atom. The lowest BCUT2D eigenvalue weighted by molar-refractivity contribution is 0.415. The van der Waals surface area contributed by atoms with Crippen molar-refractivity contribution in [3.8, 4) is 5.75 Å². The zero-order valence-electron chi connectivity index (χ0n) is 9.47. The number of hydrogen-bond donors (Lipinski definition) is 1. The number of aromatic nitrogens is 2. The van der Waals surface area contributed by atoms with Crippen molar-refractivity contribution in [3.63, 3.8) is 0 Å². The first-order valence-electron chi connectivity index (χ1n) is 5.14. The van der Waals surface area contributed by atoms with Gasteiger partial charge >= 0.3 is 0 Å². The van der Waals surface area contributed by atoms with Gasteiger partial charge in [0, 0.05) is 25.1 Å². The third-order valence-electron chi connectivity index (χ3n) is 2.46. The minimum Gasteiger partial charge on any atom is -0.497 e. The van der Waals surface area contributed by atoms with Crippen LogP contribution >= 0.6 is 0 Å². The molecule has 0 amide bonds. The number of benzene rings is 1. The quantitative estimate of drug-likeness (QED) is 0.851. The van der Waals surface area contributed by atoms with Crippen molar-refractivity contribution in [1.29, 1.82) is 0 Å². The topological polar surface area (TPSA) is 39.1 Å². The summed E-state index contributed by atoms with van der Waals surface area (Å²) in [7, 11) is 3.65. The fourth-order valence-corrected chi connectivity index (χ4v) is 1.46. The predicted octanol–water partition coefficient (Wildman–Crippen LogP) is 2.04. The van der Waals surface area contributed by atoms with Crippen molar-refractivity contribution in [2.24, 2.45) is 7.05 Å². The minimum absolute atomic E-state index is 0.718. The maximum atomic E-state index is 5.09. The molecule has 4 heteroatoms. The van der Waals surface area contributed by atoms with E-state index >= 15 is 0 Å². The maximum Gasteiger partial charge on any atom is 0.127 e. The Morgan fingerprint density at radius 1 is 1.31 bits per heavy atom. The van der Waals surface area contributed by atoms with Crippen molar-refractivity contribution in [1.82, 2.24) is 9.55 Å². The van der Waals surface area contributed by atoms with Crippen LogP contribution < -0.4 is 10.1 Å². The molecule has 0 saturated carbocycles. The molecule has 0 aliphatic heterocycles. The first kappa shape index (κ1) is 10.5. The van der Waals surface area contributed by atoms with Crippen LogP contribution in [0.4, 0.5) is 5.69 Å². The summed E-state index contributed by atoms with van der Waals surface area (Å²) >= 11 is 0. The molecule has 0 bridgehead atoms. The highest BCUT2D eigenvalue weighted by atomic mass is 16.5. The van der Waals surface area contributed by atoms with Crippen molar-refractivity contribution in [3.05, 3.63) is 42.5 Å². The van der Waals surface area contributed by atoms with Crippen LogP contribution in [0.5, 0.6) is 5.75 Å². The summed E-state index contributed by atoms with van der Waals surface area (Å²) < 4.78 is 7.09. The molecule has 4 nitrogen and oxygen atoms in total. The Bertz CT molecular complexity index is 448. The Labute approximate surface area is 94.9 Å². The first-order valence-corrected chi connectivity index (χ1v) is 5.14. The van der Waals surface area contributed by atoms with Gasteiger partial charge in [-0.15, -0.1) is 0 Å². The van der Waals surface area contributed by atoms with Gasteiger partial charge in [-0.1, -0.05) is 0 Å². The molecule has 16 heavy (non-hydrogen) atoms. The monoisotopic (exact) mass is 217 g/mol. The van der Waals surface area contributed by atoms with Gasteiger partial charge in [0.1, 0.15) is 11.6 Å². The molecule has 1 aromatic carbocycles. The molecule has 1 heterocycles. The van der Waals surface area contributed by atoms with Gasteiger partial charge in [-0.2, -0.15) is 0 Å². The molecular formula is C12H15N3O. The van der Waals surface area contributed by atoms with Crippen LogP contribution in [0, 0.1) is 0 Å². The van der Waals surface area contributed by atoms with Crippen LogP contribution in [-0.2, 0) is 13.6 Å². The highest BCUT2D eigenvalue weighted by Crippen LogP contribution is 2.15. The summed E-state index contributed by atoms with van der Waals surface area (Å²) in [6, 6.07) is 7.84. The fraction of sp³-hybridized carbons (Fsp3) is 0.250. The van der Waals surface area contributed by atoms with E-state index in [0.717, 1.165) is 23.8 Å². The molecule has 0 atom stereocenters. The van der Waals surface area contributed by atoms with Crippen LogP contribution in [0.2, 0.25) is 0 Å². The highest BCUT2D eigenvalue weighted by Gasteiger charge is 1.98. The van der Waals surface area contributed by atoms with Gasteiger partial charge in [-0.25, -0.2) is 4.98 Å². The highest BCUT2D eigenvalue weighted by molar-refractivity contribution is 5.46. The van der Waals surface area contributed by atoms with Crippen molar-refractivity contribution in [2.75, 3.05) is 12.4 Å². The third-order valence-corrected chi connectivity index (χ3v) is 2.46. The number of imidazole rings is 1. The standard InChI is InChI=1S/C12H15N3O/c1-15-8-7-13-12(15)9-14-10-3-5-11(16-2)6-4-10/h3-8,14H,9H2,1-2H3. The lowest BCUT2D eigenvalue weighted by Gasteiger charge is -2.07. The Balaban J connectivity index is 1.97. The van der Waals surface area contributed by atoms with Crippen LogP contribution in [0.25, 0.3) is 0 Å². The van der Waals surface area contributed by atoms with Crippen LogP contribution in [0.15, 0.2) is 36.7 Å². The average Bonchev–Trinajstić information content (AvgIpc) is 2.73. The molecule has 0 unspecified atom stereocenters. The lowest BCUT2D eigenvalue weighted by atomic mass is 10.3. The fourth-order valence-electron chi connectivity index (χ4n) is 1.46. The molecule has 0 spiro atoms. The molecule has 0 fully saturated rings. The summed E-state index contributed by atoms with van der Waals surface area (Å²) in [6.45, 7) is 0.718. The lowest BCUT2D eigenvalue weighted by Crippen LogP contribution is -2.05. The van der Waals surface area contributed by atoms with Gasteiger partial charge in [-0.3, -0.25) is 0 Å². The second kappa shape index (κ2) is 4.70. The van der Waals surface area contributed by atoms with E-state index in [1.807, 2.05) is 42.1 Å². The normalized spacial score (nSPS) is 10.1. The summed E-state index contributed by atoms with van der Waals surface area (Å²) in [6.07, 6.45) is 3.73. The van der Waals surface area contributed by atoms with E-state index < -0.39 is 0 Å². The number of methoxy groups -OCH3 is 1. The third kappa shape index (κ3) is 2.34. The molecule has 1 N–H and O–H groups in total. The van der Waals surface area contributed by atoms with Crippen molar-refractivity contribution in [2.45, 2.75) is 6.54 Å². The molecule has 0 saturated heterocycles. The number of nitrogens with zero attached hydrogens (tertiary/aromatic N) is 2. The zero-order valence-corrected chi connectivity index (χ0v) is 9.47. The van der Waals surface area contributed by atoms with Gasteiger partial charge in [0.25, 0.3) is 0 Å². The van der Waals surface area contributed by atoms with E-state index in [-0.39, 0.29) is 0 Å². The second-order valence-electron chi connectivity index (χ2n) is 3.54. The predicted molar refractivity (Wildman–Crippen MR) is 63.5 cm³/mol. The molecule has 0 aliphatic rings. The smallest absolute Gasteiger partial charge is 0.127 e. The van der Waals surface area contributed by atoms with Gasteiger partial charge < -0.3 is 14.6 Å². The van der Waals surface area contributed by atoms with Crippen molar-refractivity contribution >= 4 is 5.69 Å². The maximum absolute atomic E-state index is 5.09. The van der Waals surface area contributed by atoms with Gasteiger partial charge in [0.15, 0.2) is 0 Å². The largest absolute Gasteiger partial charge is 0.497 e. The van der Waals surface area contributed by atoms with Crippen LogP contribution in [0.1, 0.15) is 5.82 Å². The Hall–Kier alpha value is -1.97. The number of rotatable bonds is 4. The molecule has 0 radical (unpaired) electrons. The Morgan fingerprint density at radius 2 is 2.06 bits per heavy atom. The number of nitrogens with one attached hydrogen (secondary N) is 1. The van der Waals surface area contributed by atoms with E-state index in [1.165, 1.54) is 0 Å². The molecule has 84 valence electrons. The molecule has 2 aromatic rings. The molecule has 0 aliphatic carbocycles. The van der Waals surface area contributed by atoms with E-state index in [1.54, 1.807) is 13.3 Å².